The zero-order chi connectivity index (χ0) is 56.0. The normalized spacial score (nSPS) is 24.7. The van der Waals surface area contributed by atoms with E-state index in [2.05, 4.69) is 31.3 Å². The topological polar surface area (TPSA) is 228 Å². The van der Waals surface area contributed by atoms with Gasteiger partial charge in [0.2, 0.25) is 5.91 Å². The average molecular weight is 1100 g/mol. The fraction of sp³-hybridized carbons (Fsp3) is 0.952. The predicted octanol–water partition coefficient (Wildman–Crippen LogP) is 11.8. The third kappa shape index (κ3) is 34.7. The Hall–Kier alpha value is -1.27. The lowest BCUT2D eigenvalue weighted by Gasteiger charge is -2.46. The zero-order valence-electron chi connectivity index (χ0n) is 49.2. The van der Waals surface area contributed by atoms with Gasteiger partial charge in [0.1, 0.15) is 48.8 Å². The van der Waals surface area contributed by atoms with Crippen molar-refractivity contribution in [2.75, 3.05) is 19.8 Å². The molecule has 2 heterocycles. The number of nitrogens with one attached hydrogen (secondary N) is 1. The molecule has 77 heavy (non-hydrogen) atoms. The lowest BCUT2D eigenvalue weighted by molar-refractivity contribution is -0.359. The van der Waals surface area contributed by atoms with Gasteiger partial charge in [-0.15, -0.1) is 0 Å². The fourth-order valence-corrected chi connectivity index (χ4v) is 11.0. The molecule has 2 rings (SSSR count). The van der Waals surface area contributed by atoms with Gasteiger partial charge in [-0.1, -0.05) is 264 Å². The lowest BCUT2D eigenvalue weighted by atomic mass is 9.97. The summed E-state index contributed by atoms with van der Waals surface area (Å²) in [6.45, 7) is 2.84. The predicted molar refractivity (Wildman–Crippen MR) is 309 cm³/mol. The van der Waals surface area contributed by atoms with E-state index in [1.54, 1.807) is 0 Å². The van der Waals surface area contributed by atoms with E-state index in [4.69, 9.17) is 18.9 Å². The van der Waals surface area contributed by atoms with Crippen LogP contribution in [0.15, 0.2) is 12.2 Å². The molecule has 0 radical (unpaired) electrons. The van der Waals surface area contributed by atoms with Gasteiger partial charge >= 0.3 is 0 Å². The molecule has 0 saturated carbocycles. The third-order valence-corrected chi connectivity index (χ3v) is 16.2. The molecule has 2 saturated heterocycles. The minimum atomic E-state index is -1.78. The molecule has 456 valence electrons. The molecule has 1 amide bonds. The van der Waals surface area contributed by atoms with Crippen LogP contribution in [0.1, 0.15) is 290 Å². The first-order valence-corrected chi connectivity index (χ1v) is 32.4. The molecule has 0 aromatic carbocycles. The van der Waals surface area contributed by atoms with Crippen LogP contribution < -0.4 is 5.32 Å². The van der Waals surface area contributed by atoms with Crippen LogP contribution in [-0.2, 0) is 23.7 Å². The Kier molecular flexibility index (Phi) is 46.0. The molecule has 0 aromatic heterocycles. The maximum Gasteiger partial charge on any atom is 0.220 e. The van der Waals surface area contributed by atoms with Gasteiger partial charge in [-0.05, 0) is 32.1 Å². The third-order valence-electron chi connectivity index (χ3n) is 16.2. The fourth-order valence-electron chi connectivity index (χ4n) is 11.0. The number of hydrogen-bond donors (Lipinski definition) is 9. The quantitative estimate of drug-likeness (QED) is 0.0204. The molecule has 12 atom stereocenters. The highest BCUT2D eigenvalue weighted by molar-refractivity contribution is 5.76. The molecular weight excluding hydrogens is 979 g/mol. The van der Waals surface area contributed by atoms with E-state index < -0.39 is 86.8 Å². The van der Waals surface area contributed by atoms with Crippen LogP contribution in [0.5, 0.6) is 0 Å². The number of aliphatic hydroxyl groups is 8. The Bertz CT molecular complexity index is 1340. The van der Waals surface area contributed by atoms with E-state index in [9.17, 15) is 45.6 Å². The first-order chi connectivity index (χ1) is 37.6. The van der Waals surface area contributed by atoms with Gasteiger partial charge in [0.25, 0.3) is 0 Å². The van der Waals surface area contributed by atoms with Crippen molar-refractivity contribution < 1.29 is 64.6 Å². The minimum Gasteiger partial charge on any atom is -0.394 e. The summed E-state index contributed by atoms with van der Waals surface area (Å²) in [6, 6.07) is -0.830. The Morgan fingerprint density at radius 2 is 0.831 bits per heavy atom. The standard InChI is InChI=1S/C63H121NO13/c1-3-5-7-9-11-13-15-16-17-18-19-20-21-22-23-24-25-26-27-28-29-30-31-32-33-34-35-37-38-40-42-44-46-52(67)51(64-55(68)47-45-43-41-39-36-14-12-10-8-6-4-2)50-74-62-60(73)58(71)61(54(49-66)76-62)77-63-59(72)57(70)56(69)53(48-65)75-63/h10,12,51-54,56-63,65-67,69-73H,3-9,11,13-50H2,1-2H3,(H,64,68)/b12-10-. The molecule has 0 bridgehead atoms. The van der Waals surface area contributed by atoms with E-state index in [1.165, 1.54) is 193 Å². The smallest absolute Gasteiger partial charge is 0.220 e. The Morgan fingerprint density at radius 3 is 1.27 bits per heavy atom. The molecule has 0 aliphatic carbocycles. The zero-order valence-corrected chi connectivity index (χ0v) is 49.2. The van der Waals surface area contributed by atoms with E-state index in [0.717, 1.165) is 64.2 Å². The van der Waals surface area contributed by atoms with Crippen LogP contribution in [0, 0.1) is 0 Å². The van der Waals surface area contributed by atoms with Crippen LogP contribution in [0.2, 0.25) is 0 Å². The van der Waals surface area contributed by atoms with Crippen molar-refractivity contribution in [3.63, 3.8) is 0 Å². The van der Waals surface area contributed by atoms with Crippen LogP contribution in [-0.4, -0.2) is 140 Å². The highest BCUT2D eigenvalue weighted by Crippen LogP contribution is 2.30. The number of carbonyl (C=O) groups excluding carboxylic acids is 1. The molecular formula is C63H121NO13. The number of aliphatic hydroxyl groups excluding tert-OH is 8. The van der Waals surface area contributed by atoms with E-state index in [0.29, 0.717) is 19.3 Å². The molecule has 0 aromatic rings. The molecule has 9 N–H and O–H groups in total. The van der Waals surface area contributed by atoms with E-state index in [-0.39, 0.29) is 12.5 Å². The maximum atomic E-state index is 13.2. The Morgan fingerprint density at radius 1 is 0.455 bits per heavy atom. The maximum absolute atomic E-state index is 13.2. The molecule has 2 aliphatic heterocycles. The van der Waals surface area contributed by atoms with Crippen LogP contribution in [0.25, 0.3) is 0 Å². The Balaban J connectivity index is 1.61. The van der Waals surface area contributed by atoms with Crippen LogP contribution in [0.4, 0.5) is 0 Å². The van der Waals surface area contributed by atoms with Crippen LogP contribution in [0.3, 0.4) is 0 Å². The van der Waals surface area contributed by atoms with Crippen molar-refractivity contribution in [3.8, 4) is 0 Å². The number of unbranched alkanes of at least 4 members (excludes halogenated alkanes) is 38. The highest BCUT2D eigenvalue weighted by atomic mass is 16.7. The van der Waals surface area contributed by atoms with Crippen molar-refractivity contribution in [3.05, 3.63) is 12.2 Å². The molecule has 2 aliphatic rings. The summed E-state index contributed by atoms with van der Waals surface area (Å²) in [7, 11) is 0. The van der Waals surface area contributed by atoms with Crippen molar-refractivity contribution >= 4 is 5.91 Å². The number of carbonyl (C=O) groups is 1. The average Bonchev–Trinajstić information content (AvgIpc) is 3.44. The van der Waals surface area contributed by atoms with Gasteiger partial charge in [0.15, 0.2) is 12.6 Å². The second-order valence-electron chi connectivity index (χ2n) is 23.2. The van der Waals surface area contributed by atoms with Gasteiger partial charge in [0, 0.05) is 6.42 Å². The van der Waals surface area contributed by atoms with Crippen molar-refractivity contribution in [1.82, 2.24) is 5.32 Å². The first kappa shape index (κ1) is 71.8. The van der Waals surface area contributed by atoms with Gasteiger partial charge in [0.05, 0.1) is 32.0 Å². The van der Waals surface area contributed by atoms with Gasteiger partial charge in [-0.3, -0.25) is 4.79 Å². The summed E-state index contributed by atoms with van der Waals surface area (Å²) < 4.78 is 22.8. The van der Waals surface area contributed by atoms with Crippen LogP contribution >= 0.6 is 0 Å². The van der Waals surface area contributed by atoms with Crippen molar-refractivity contribution in [2.45, 2.75) is 364 Å². The van der Waals surface area contributed by atoms with Gasteiger partial charge < -0.3 is 65.1 Å². The second kappa shape index (κ2) is 49.3. The number of hydrogen-bond acceptors (Lipinski definition) is 13. The summed E-state index contributed by atoms with van der Waals surface area (Å²) in [6.07, 6.45) is 41.1. The summed E-state index contributed by atoms with van der Waals surface area (Å²) in [4.78, 5) is 13.2. The molecule has 14 nitrogen and oxygen atoms in total. The van der Waals surface area contributed by atoms with E-state index in [1.807, 2.05) is 0 Å². The lowest BCUT2D eigenvalue weighted by Crippen LogP contribution is -2.65. The number of ether oxygens (including phenoxy) is 4. The van der Waals surface area contributed by atoms with Gasteiger partial charge in [-0.25, -0.2) is 0 Å². The SMILES string of the molecule is CCCC/C=C\CCCCCCCC(=O)NC(COC1OC(CO)C(OC2OC(CO)C(O)C(O)C2O)C(O)C1O)C(O)CCCCCCCCCCCCCCCCCCCCCCCCCCCCCCCCCC. The van der Waals surface area contributed by atoms with E-state index >= 15 is 0 Å². The Labute approximate surface area is 469 Å². The highest BCUT2D eigenvalue weighted by Gasteiger charge is 2.51. The molecule has 0 spiro atoms. The monoisotopic (exact) mass is 1100 g/mol. The largest absolute Gasteiger partial charge is 0.394 e. The second-order valence-corrected chi connectivity index (χ2v) is 23.2. The summed E-state index contributed by atoms with van der Waals surface area (Å²) in [5.41, 5.74) is 0. The van der Waals surface area contributed by atoms with Crippen molar-refractivity contribution in [1.29, 1.82) is 0 Å². The number of allylic oxidation sites excluding steroid dienone is 2. The summed E-state index contributed by atoms with van der Waals surface area (Å²) >= 11 is 0. The number of amides is 1. The molecule has 12 unspecified atom stereocenters. The summed E-state index contributed by atoms with van der Waals surface area (Å²) in [5.74, 6) is -0.214. The molecule has 14 heteroatoms. The molecule has 2 fully saturated rings. The minimum absolute atomic E-state index is 0.214. The van der Waals surface area contributed by atoms with Gasteiger partial charge in [-0.2, -0.15) is 0 Å². The van der Waals surface area contributed by atoms with Crippen molar-refractivity contribution in [2.24, 2.45) is 0 Å². The first-order valence-electron chi connectivity index (χ1n) is 32.4. The summed E-state index contributed by atoms with van der Waals surface area (Å²) in [5, 5.41) is 87.2. The number of rotatable bonds is 53.